The van der Waals surface area contributed by atoms with Gasteiger partial charge in [0.2, 0.25) is 0 Å². The lowest BCUT2D eigenvalue weighted by atomic mass is 10.1. The molecule has 3 rings (SSSR count). The smallest absolute Gasteiger partial charge is 0.251 e. The number of fused-ring (bicyclic) bond motifs is 1. The first-order valence-electron chi connectivity index (χ1n) is 7.81. The lowest BCUT2D eigenvalue weighted by Gasteiger charge is -2.10. The molecule has 2 aromatic carbocycles. The van der Waals surface area contributed by atoms with E-state index in [1.165, 1.54) is 11.1 Å². The minimum absolute atomic E-state index is 0.0667. The van der Waals surface area contributed by atoms with Gasteiger partial charge in [-0.2, -0.15) is 0 Å². The van der Waals surface area contributed by atoms with Gasteiger partial charge in [0.1, 0.15) is 6.33 Å². The Morgan fingerprint density at radius 1 is 1.13 bits per heavy atom. The molecule has 0 aliphatic rings. The second-order valence-corrected chi connectivity index (χ2v) is 6.24. The van der Waals surface area contributed by atoms with E-state index >= 15 is 0 Å². The molecule has 0 radical (unpaired) electrons. The number of aromatic nitrogens is 2. The number of rotatable bonds is 3. The molecule has 1 N–H and O–H groups in total. The van der Waals surface area contributed by atoms with Crippen molar-refractivity contribution in [1.29, 1.82) is 0 Å². The number of benzene rings is 2. The summed E-state index contributed by atoms with van der Waals surface area (Å²) in [7, 11) is 0. The Labute approximate surface area is 136 Å². The van der Waals surface area contributed by atoms with E-state index in [1.807, 2.05) is 38.4 Å². The van der Waals surface area contributed by atoms with Crippen LogP contribution in [0.4, 0.5) is 0 Å². The van der Waals surface area contributed by atoms with Gasteiger partial charge >= 0.3 is 0 Å². The van der Waals surface area contributed by atoms with Gasteiger partial charge in [-0.1, -0.05) is 17.7 Å². The largest absolute Gasteiger partial charge is 0.350 e. The summed E-state index contributed by atoms with van der Waals surface area (Å²) in [6, 6.07) is 12.1. The third-order valence-electron chi connectivity index (χ3n) is 3.84. The zero-order chi connectivity index (χ0) is 16.6. The number of carbonyl (C=O) groups is 1. The van der Waals surface area contributed by atoms with Gasteiger partial charge in [0.15, 0.2) is 0 Å². The Morgan fingerprint density at radius 2 is 1.91 bits per heavy atom. The number of carbonyl (C=O) groups excluding carboxylic acids is 1. The van der Waals surface area contributed by atoms with Crippen LogP contribution in [-0.4, -0.2) is 21.5 Å². The van der Waals surface area contributed by atoms with Gasteiger partial charge < -0.3 is 5.32 Å². The maximum Gasteiger partial charge on any atom is 0.251 e. The molecule has 0 aliphatic heterocycles. The zero-order valence-corrected chi connectivity index (χ0v) is 13.9. The van der Waals surface area contributed by atoms with Crippen molar-refractivity contribution in [2.24, 2.45) is 0 Å². The molecular weight excluding hydrogens is 286 g/mol. The molecule has 0 saturated heterocycles. The van der Waals surface area contributed by atoms with Crippen molar-refractivity contribution >= 4 is 16.9 Å². The number of amides is 1. The monoisotopic (exact) mass is 307 g/mol. The van der Waals surface area contributed by atoms with Crippen molar-refractivity contribution in [1.82, 2.24) is 14.9 Å². The topological polar surface area (TPSA) is 46.9 Å². The van der Waals surface area contributed by atoms with Crippen LogP contribution in [-0.2, 0) is 0 Å². The summed E-state index contributed by atoms with van der Waals surface area (Å²) in [5.41, 5.74) is 6.00. The molecule has 3 aromatic rings. The molecule has 1 aromatic heterocycles. The molecule has 0 spiro atoms. The van der Waals surface area contributed by atoms with E-state index in [1.54, 1.807) is 0 Å². The first kappa shape index (κ1) is 15.3. The van der Waals surface area contributed by atoms with E-state index in [0.29, 0.717) is 5.56 Å². The average Bonchev–Trinajstić information content (AvgIpc) is 2.89. The van der Waals surface area contributed by atoms with Gasteiger partial charge in [-0.15, -0.1) is 0 Å². The summed E-state index contributed by atoms with van der Waals surface area (Å²) in [4.78, 5) is 16.6. The molecule has 1 heterocycles. The lowest BCUT2D eigenvalue weighted by Crippen LogP contribution is -2.29. The highest BCUT2D eigenvalue weighted by molar-refractivity contribution is 5.97. The van der Waals surface area contributed by atoms with Gasteiger partial charge in [-0.05, 0) is 57.5 Å². The zero-order valence-electron chi connectivity index (χ0n) is 13.9. The summed E-state index contributed by atoms with van der Waals surface area (Å²) in [5, 5.41) is 2.90. The van der Waals surface area contributed by atoms with Crippen LogP contribution in [0.2, 0.25) is 0 Å². The van der Waals surface area contributed by atoms with Crippen LogP contribution in [0.5, 0.6) is 0 Å². The third kappa shape index (κ3) is 2.97. The SMILES string of the molecule is Cc1ccc(-n2cnc3cc(C(=O)NC(C)C)ccc32)c(C)c1. The van der Waals surface area contributed by atoms with Gasteiger partial charge in [0.05, 0.1) is 16.7 Å². The molecule has 0 aliphatic carbocycles. The fraction of sp³-hybridized carbons (Fsp3) is 0.263. The molecular formula is C19H21N3O. The standard InChI is InChI=1S/C19H21N3O/c1-12(2)21-19(23)15-6-8-18-16(10-15)20-11-22(18)17-7-5-13(3)9-14(17)4/h5-12H,1-4H3,(H,21,23). The highest BCUT2D eigenvalue weighted by Crippen LogP contribution is 2.22. The van der Waals surface area contributed by atoms with Crippen molar-refractivity contribution in [2.45, 2.75) is 33.7 Å². The summed E-state index contributed by atoms with van der Waals surface area (Å²) < 4.78 is 2.06. The van der Waals surface area contributed by atoms with Gasteiger partial charge in [-0.25, -0.2) is 4.98 Å². The second-order valence-electron chi connectivity index (χ2n) is 6.24. The number of nitrogens with zero attached hydrogens (tertiary/aromatic N) is 2. The molecule has 0 saturated carbocycles. The Kier molecular flexibility index (Phi) is 3.90. The van der Waals surface area contributed by atoms with Crippen LogP contribution < -0.4 is 5.32 Å². The number of aryl methyl sites for hydroxylation is 2. The fourth-order valence-electron chi connectivity index (χ4n) is 2.77. The van der Waals surface area contributed by atoms with Gasteiger partial charge in [-0.3, -0.25) is 9.36 Å². The number of hydrogen-bond donors (Lipinski definition) is 1. The third-order valence-corrected chi connectivity index (χ3v) is 3.84. The predicted octanol–water partition coefficient (Wildman–Crippen LogP) is 3.78. The van der Waals surface area contributed by atoms with Crippen LogP contribution in [0.15, 0.2) is 42.7 Å². The molecule has 118 valence electrons. The Hall–Kier alpha value is -2.62. The molecule has 0 fully saturated rings. The fourth-order valence-corrected chi connectivity index (χ4v) is 2.77. The predicted molar refractivity (Wildman–Crippen MR) is 93.1 cm³/mol. The number of nitrogens with one attached hydrogen (secondary N) is 1. The molecule has 1 amide bonds. The quantitative estimate of drug-likeness (QED) is 0.800. The second kappa shape index (κ2) is 5.88. The van der Waals surface area contributed by atoms with Crippen molar-refractivity contribution in [3.63, 3.8) is 0 Å². The Bertz CT molecular complexity index is 877. The molecule has 0 atom stereocenters. The van der Waals surface area contributed by atoms with Crippen molar-refractivity contribution in [3.05, 3.63) is 59.4 Å². The molecule has 4 nitrogen and oxygen atoms in total. The minimum Gasteiger partial charge on any atom is -0.350 e. The van der Waals surface area contributed by atoms with Gasteiger partial charge in [0, 0.05) is 11.6 Å². The summed E-state index contributed by atoms with van der Waals surface area (Å²) in [6.07, 6.45) is 1.81. The van der Waals surface area contributed by atoms with E-state index in [9.17, 15) is 4.79 Å². The normalized spacial score (nSPS) is 11.2. The van der Waals surface area contributed by atoms with Crippen LogP contribution in [0.25, 0.3) is 16.7 Å². The van der Waals surface area contributed by atoms with Gasteiger partial charge in [0.25, 0.3) is 5.91 Å². The van der Waals surface area contributed by atoms with E-state index < -0.39 is 0 Å². The van der Waals surface area contributed by atoms with Crippen LogP contribution in [0, 0.1) is 13.8 Å². The maximum absolute atomic E-state index is 12.1. The molecule has 23 heavy (non-hydrogen) atoms. The minimum atomic E-state index is -0.0667. The van der Waals surface area contributed by atoms with Crippen molar-refractivity contribution in [2.75, 3.05) is 0 Å². The van der Waals surface area contributed by atoms with Crippen LogP contribution in [0.3, 0.4) is 0 Å². The van der Waals surface area contributed by atoms with Crippen molar-refractivity contribution in [3.8, 4) is 5.69 Å². The Balaban J connectivity index is 2.03. The summed E-state index contributed by atoms with van der Waals surface area (Å²) in [6.45, 7) is 8.08. The van der Waals surface area contributed by atoms with E-state index in [-0.39, 0.29) is 11.9 Å². The van der Waals surface area contributed by atoms with Crippen LogP contribution >= 0.6 is 0 Å². The molecule has 0 unspecified atom stereocenters. The number of imidazole rings is 1. The van der Waals surface area contributed by atoms with Crippen LogP contribution in [0.1, 0.15) is 35.3 Å². The van der Waals surface area contributed by atoms with Crippen molar-refractivity contribution < 1.29 is 4.79 Å². The first-order chi connectivity index (χ1) is 11.0. The highest BCUT2D eigenvalue weighted by Gasteiger charge is 2.11. The van der Waals surface area contributed by atoms with E-state index in [0.717, 1.165) is 16.7 Å². The lowest BCUT2D eigenvalue weighted by molar-refractivity contribution is 0.0943. The number of hydrogen-bond acceptors (Lipinski definition) is 2. The highest BCUT2D eigenvalue weighted by atomic mass is 16.1. The summed E-state index contributed by atoms with van der Waals surface area (Å²) >= 11 is 0. The van der Waals surface area contributed by atoms with E-state index in [2.05, 4.69) is 46.9 Å². The van der Waals surface area contributed by atoms with E-state index in [4.69, 9.17) is 0 Å². The summed E-state index contributed by atoms with van der Waals surface area (Å²) in [5.74, 6) is -0.0667. The maximum atomic E-state index is 12.1. The molecule has 0 bridgehead atoms. The first-order valence-corrected chi connectivity index (χ1v) is 7.81. The molecule has 4 heteroatoms. The average molecular weight is 307 g/mol. The Morgan fingerprint density at radius 3 is 2.61 bits per heavy atom.